The number of nitro groups is 1. The minimum Gasteiger partial charge on any atom is -0.381 e. The molecule has 0 fully saturated rings. The van der Waals surface area contributed by atoms with Gasteiger partial charge in [-0.1, -0.05) is 42.2 Å². The van der Waals surface area contributed by atoms with Crippen LogP contribution in [0.3, 0.4) is 0 Å². The van der Waals surface area contributed by atoms with Gasteiger partial charge in [-0.25, -0.2) is 18.4 Å². The summed E-state index contributed by atoms with van der Waals surface area (Å²) in [6.07, 6.45) is 2.68. The van der Waals surface area contributed by atoms with E-state index >= 15 is 0 Å². The number of non-ortho nitro benzene ring substituents is 1. The molecule has 0 aliphatic carbocycles. The first-order chi connectivity index (χ1) is 15.7. The first kappa shape index (κ1) is 24.7. The van der Waals surface area contributed by atoms with Crippen molar-refractivity contribution in [2.24, 2.45) is 0 Å². The molecule has 0 saturated carbocycles. The molecule has 0 aliphatic heterocycles. The van der Waals surface area contributed by atoms with Gasteiger partial charge < -0.3 is 10.0 Å². The number of thiocarbonyl (C=S) groups is 1. The minimum atomic E-state index is -1.79. The molecule has 3 aromatic rings. The van der Waals surface area contributed by atoms with Gasteiger partial charge in [-0.2, -0.15) is 5.10 Å². The molecule has 1 unspecified atom stereocenters. The highest BCUT2D eigenvalue weighted by Gasteiger charge is 2.36. The van der Waals surface area contributed by atoms with E-state index in [0.29, 0.717) is 22.7 Å². The molecule has 1 aromatic heterocycles. The topological polar surface area (TPSA) is 97.3 Å². The second-order valence-corrected chi connectivity index (χ2v) is 8.85. The van der Waals surface area contributed by atoms with Crippen molar-refractivity contribution in [2.45, 2.75) is 24.8 Å². The van der Waals surface area contributed by atoms with Gasteiger partial charge in [-0.15, -0.1) is 0 Å². The normalized spacial score (nSPS) is 12.8. The van der Waals surface area contributed by atoms with E-state index < -0.39 is 22.2 Å². The second kappa shape index (κ2) is 10.8. The highest BCUT2D eigenvalue weighted by Crippen LogP contribution is 2.29. The molecule has 0 radical (unpaired) electrons. The van der Waals surface area contributed by atoms with Gasteiger partial charge in [0.15, 0.2) is 0 Å². The molecule has 1 N–H and O–H groups in total. The van der Waals surface area contributed by atoms with Gasteiger partial charge in [0.2, 0.25) is 0 Å². The molecule has 1 atom stereocenters. The van der Waals surface area contributed by atoms with Gasteiger partial charge in [0.1, 0.15) is 34.2 Å². The summed E-state index contributed by atoms with van der Waals surface area (Å²) in [6.45, 7) is 2.01. The zero-order valence-corrected chi connectivity index (χ0v) is 19.2. The van der Waals surface area contributed by atoms with Crippen LogP contribution in [-0.4, -0.2) is 47.1 Å². The summed E-state index contributed by atoms with van der Waals surface area (Å²) < 4.78 is 29.9. The smallest absolute Gasteiger partial charge is 0.269 e. The lowest BCUT2D eigenvalue weighted by Crippen LogP contribution is -2.46. The number of rotatable bonds is 9. The van der Waals surface area contributed by atoms with Crippen LogP contribution in [0.2, 0.25) is 0 Å². The van der Waals surface area contributed by atoms with Crippen molar-refractivity contribution in [3.63, 3.8) is 0 Å². The Balaban J connectivity index is 1.80. The Morgan fingerprint density at radius 2 is 2.12 bits per heavy atom. The van der Waals surface area contributed by atoms with Crippen LogP contribution in [0.1, 0.15) is 18.1 Å². The molecule has 0 spiro atoms. The van der Waals surface area contributed by atoms with Crippen molar-refractivity contribution < 1.29 is 18.8 Å². The average molecular weight is 494 g/mol. The molecule has 1 heterocycles. The molecule has 0 amide bonds. The number of aliphatic hydroxyl groups is 1. The number of benzene rings is 2. The quantitative estimate of drug-likeness (QED) is 0.272. The van der Waals surface area contributed by atoms with E-state index in [1.165, 1.54) is 47.3 Å². The number of likely N-dealkylation sites (N-methyl/N-ethyl adjacent to an activating group) is 1. The van der Waals surface area contributed by atoms with E-state index in [-0.39, 0.29) is 24.3 Å². The van der Waals surface area contributed by atoms with Crippen molar-refractivity contribution in [3.05, 3.63) is 88.0 Å². The Morgan fingerprint density at radius 3 is 2.76 bits per heavy atom. The first-order valence-corrected chi connectivity index (χ1v) is 11.3. The lowest BCUT2D eigenvalue weighted by atomic mass is 9.92. The van der Waals surface area contributed by atoms with Crippen molar-refractivity contribution in [2.75, 3.05) is 13.1 Å². The Labute approximate surface area is 198 Å². The fraction of sp³-hybridized carbons (Fsp3) is 0.286. The second-order valence-electron chi connectivity index (χ2n) is 7.24. The van der Waals surface area contributed by atoms with Crippen LogP contribution in [0, 0.1) is 21.7 Å². The molecule has 0 saturated heterocycles. The van der Waals surface area contributed by atoms with Gasteiger partial charge in [-0.05, 0) is 18.6 Å². The molecule has 0 bridgehead atoms. The van der Waals surface area contributed by atoms with Gasteiger partial charge in [0.05, 0.1) is 18.0 Å². The number of nitro benzene ring substituents is 1. The van der Waals surface area contributed by atoms with Gasteiger partial charge in [0.25, 0.3) is 5.69 Å². The number of hydrogen-bond acceptors (Lipinski definition) is 7. The summed E-state index contributed by atoms with van der Waals surface area (Å²) in [6, 6.07) is 9.24. The SMILES string of the molecule is CCN(CC(O)(Cn1cncn1)c1ccc(F)cc1F)C(=S)SCc1cccc([N+](=O)[O-])c1. The number of hydrogen-bond donors (Lipinski definition) is 1. The lowest BCUT2D eigenvalue weighted by molar-refractivity contribution is -0.384. The maximum atomic E-state index is 14.6. The van der Waals surface area contributed by atoms with E-state index in [2.05, 4.69) is 10.1 Å². The van der Waals surface area contributed by atoms with Crippen molar-refractivity contribution in [1.29, 1.82) is 0 Å². The number of nitrogens with zero attached hydrogens (tertiary/aromatic N) is 5. The lowest BCUT2D eigenvalue weighted by Gasteiger charge is -2.35. The predicted molar refractivity (Wildman–Crippen MR) is 125 cm³/mol. The van der Waals surface area contributed by atoms with Gasteiger partial charge in [0, 0.05) is 36.1 Å². The molecule has 0 aliphatic rings. The number of thioether (sulfide) groups is 1. The maximum absolute atomic E-state index is 14.6. The summed E-state index contributed by atoms with van der Waals surface area (Å²) in [5, 5.41) is 26.5. The fourth-order valence-corrected chi connectivity index (χ4v) is 4.50. The van der Waals surface area contributed by atoms with Crippen molar-refractivity contribution in [3.8, 4) is 0 Å². The molecule has 174 valence electrons. The van der Waals surface area contributed by atoms with Gasteiger partial charge in [-0.3, -0.25) is 10.1 Å². The fourth-order valence-electron chi connectivity index (χ4n) is 3.29. The van der Waals surface area contributed by atoms with Crippen LogP contribution in [0.25, 0.3) is 0 Å². The minimum absolute atomic E-state index is 0.0136. The predicted octanol–water partition coefficient (Wildman–Crippen LogP) is 3.89. The summed E-state index contributed by atoms with van der Waals surface area (Å²) in [7, 11) is 0. The monoisotopic (exact) mass is 493 g/mol. The van der Waals surface area contributed by atoms with E-state index in [1.54, 1.807) is 17.0 Å². The molecular weight excluding hydrogens is 472 g/mol. The zero-order chi connectivity index (χ0) is 24.0. The average Bonchev–Trinajstić information content (AvgIpc) is 3.28. The van der Waals surface area contributed by atoms with Gasteiger partial charge >= 0.3 is 0 Å². The number of halogens is 2. The van der Waals surface area contributed by atoms with Crippen LogP contribution in [0.15, 0.2) is 55.1 Å². The van der Waals surface area contributed by atoms with Crippen molar-refractivity contribution >= 4 is 34.0 Å². The van der Waals surface area contributed by atoms with Crippen molar-refractivity contribution in [1.82, 2.24) is 19.7 Å². The largest absolute Gasteiger partial charge is 0.381 e. The Kier molecular flexibility index (Phi) is 8.06. The summed E-state index contributed by atoms with van der Waals surface area (Å²) in [4.78, 5) is 16.1. The molecule has 2 aromatic carbocycles. The van der Waals surface area contributed by atoms with Crippen LogP contribution < -0.4 is 0 Å². The molecule has 12 heteroatoms. The summed E-state index contributed by atoms with van der Waals surface area (Å²) >= 11 is 6.80. The van der Waals surface area contributed by atoms with Crippen LogP contribution >= 0.6 is 24.0 Å². The molecule has 33 heavy (non-hydrogen) atoms. The van der Waals surface area contributed by atoms with E-state index in [9.17, 15) is 24.0 Å². The standard InChI is InChI=1S/C21H21F2N5O3S2/c1-2-26(20(32)33-10-15-4-3-5-17(8-15)28(30)31)11-21(29,12-27-14-24-13-25-27)18-7-6-16(22)9-19(18)23/h3-9,13-14,29H,2,10-12H2,1H3. The summed E-state index contributed by atoms with van der Waals surface area (Å²) in [5.74, 6) is -1.26. The highest BCUT2D eigenvalue weighted by atomic mass is 32.2. The third-order valence-corrected chi connectivity index (χ3v) is 6.49. The Bertz CT molecular complexity index is 1130. The van der Waals surface area contributed by atoms with E-state index in [1.807, 2.05) is 6.92 Å². The zero-order valence-electron chi connectivity index (χ0n) is 17.6. The molecule has 8 nitrogen and oxygen atoms in total. The Morgan fingerprint density at radius 1 is 1.33 bits per heavy atom. The third kappa shape index (κ3) is 6.30. The first-order valence-electron chi connectivity index (χ1n) is 9.87. The van der Waals surface area contributed by atoms with E-state index in [4.69, 9.17) is 12.2 Å². The number of aromatic nitrogens is 3. The molecular formula is C21H21F2N5O3S2. The third-order valence-electron chi connectivity index (χ3n) is 4.90. The van der Waals surface area contributed by atoms with Crippen LogP contribution in [0.5, 0.6) is 0 Å². The maximum Gasteiger partial charge on any atom is 0.269 e. The summed E-state index contributed by atoms with van der Waals surface area (Å²) in [5.41, 5.74) is -1.18. The Hall–Kier alpha value is -2.96. The van der Waals surface area contributed by atoms with Crippen LogP contribution in [-0.2, 0) is 17.9 Å². The molecule has 3 rings (SSSR count). The van der Waals surface area contributed by atoms with E-state index in [0.717, 1.165) is 11.6 Å². The van der Waals surface area contributed by atoms with Crippen LogP contribution in [0.4, 0.5) is 14.5 Å². The highest BCUT2D eigenvalue weighted by molar-refractivity contribution is 8.22.